The quantitative estimate of drug-likeness (QED) is 0.624. The van der Waals surface area contributed by atoms with Crippen molar-refractivity contribution in [3.8, 4) is 5.75 Å². The molecule has 0 radical (unpaired) electrons. The Balaban J connectivity index is 3.40. The van der Waals surface area contributed by atoms with Gasteiger partial charge in [-0.05, 0) is 56.7 Å². The van der Waals surface area contributed by atoms with E-state index in [0.29, 0.717) is 12.5 Å². The van der Waals surface area contributed by atoms with Gasteiger partial charge in [0.25, 0.3) is 0 Å². The number of hydrogen-bond donors (Lipinski definition) is 0. The van der Waals surface area contributed by atoms with Gasteiger partial charge in [0.15, 0.2) is 0 Å². The second-order valence-electron chi connectivity index (χ2n) is 4.61. The molecular weight excluding hydrogens is 244 g/mol. The van der Waals surface area contributed by atoms with Gasteiger partial charge in [0.1, 0.15) is 5.75 Å². The molecule has 2 heteroatoms. The largest absolute Gasteiger partial charge is 0.493 e. The molecule has 0 heterocycles. The lowest BCUT2D eigenvalue weighted by Crippen LogP contribution is -2.06. The molecular formula is C16H23ClO. The second kappa shape index (κ2) is 6.84. The normalized spacial score (nSPS) is 12.3. The van der Waals surface area contributed by atoms with Crippen molar-refractivity contribution in [2.75, 3.05) is 6.61 Å². The number of halogens is 1. The molecule has 1 rings (SSSR count). The highest BCUT2D eigenvalue weighted by atomic mass is 35.5. The van der Waals surface area contributed by atoms with Gasteiger partial charge >= 0.3 is 0 Å². The van der Waals surface area contributed by atoms with Gasteiger partial charge in [0.05, 0.1) is 6.61 Å². The second-order valence-corrected chi connectivity index (χ2v) is 5.01. The van der Waals surface area contributed by atoms with E-state index in [0.717, 1.165) is 34.7 Å². The highest BCUT2D eigenvalue weighted by molar-refractivity contribution is 6.31. The summed E-state index contributed by atoms with van der Waals surface area (Å²) >= 11 is 6.31. The molecule has 0 saturated heterocycles. The van der Waals surface area contributed by atoms with E-state index in [2.05, 4.69) is 27.4 Å². The zero-order chi connectivity index (χ0) is 13.7. The van der Waals surface area contributed by atoms with Crippen LogP contribution in [-0.2, 0) is 0 Å². The fourth-order valence-corrected chi connectivity index (χ4v) is 2.66. The maximum atomic E-state index is 6.31. The molecule has 0 saturated carbocycles. The molecule has 1 atom stereocenters. The van der Waals surface area contributed by atoms with Gasteiger partial charge in [-0.2, -0.15) is 0 Å². The van der Waals surface area contributed by atoms with Gasteiger partial charge in [-0.3, -0.25) is 0 Å². The molecule has 1 aromatic carbocycles. The number of aryl methyl sites for hydroxylation is 1. The first-order valence-electron chi connectivity index (χ1n) is 6.60. The number of rotatable bonds is 6. The van der Waals surface area contributed by atoms with Crippen LogP contribution in [0.5, 0.6) is 5.75 Å². The minimum absolute atomic E-state index is 0.432. The van der Waals surface area contributed by atoms with Crippen molar-refractivity contribution >= 4 is 11.6 Å². The molecule has 18 heavy (non-hydrogen) atoms. The van der Waals surface area contributed by atoms with E-state index in [1.165, 1.54) is 5.56 Å². The maximum absolute atomic E-state index is 6.31. The lowest BCUT2D eigenvalue weighted by atomic mass is 9.87. The Morgan fingerprint density at radius 3 is 2.56 bits per heavy atom. The Morgan fingerprint density at radius 2 is 2.06 bits per heavy atom. The van der Waals surface area contributed by atoms with E-state index in [-0.39, 0.29) is 0 Å². The average molecular weight is 267 g/mol. The molecule has 1 unspecified atom stereocenters. The first-order valence-corrected chi connectivity index (χ1v) is 6.97. The molecule has 0 aromatic heterocycles. The van der Waals surface area contributed by atoms with Gasteiger partial charge in [-0.15, -0.1) is 6.58 Å². The summed E-state index contributed by atoms with van der Waals surface area (Å²) in [5, 5.41) is 0.827. The molecule has 1 nitrogen and oxygen atoms in total. The van der Waals surface area contributed by atoms with Crippen LogP contribution < -0.4 is 4.74 Å². The fourth-order valence-electron chi connectivity index (χ4n) is 2.39. The van der Waals surface area contributed by atoms with Crippen molar-refractivity contribution in [3.63, 3.8) is 0 Å². The monoisotopic (exact) mass is 266 g/mol. The van der Waals surface area contributed by atoms with E-state index < -0.39 is 0 Å². The Labute approximate surface area is 116 Å². The van der Waals surface area contributed by atoms with Crippen molar-refractivity contribution in [1.82, 2.24) is 0 Å². The summed E-state index contributed by atoms with van der Waals surface area (Å²) in [4.78, 5) is 0. The zero-order valence-electron chi connectivity index (χ0n) is 11.8. The van der Waals surface area contributed by atoms with Gasteiger partial charge in [0, 0.05) is 10.6 Å². The van der Waals surface area contributed by atoms with Gasteiger partial charge < -0.3 is 4.74 Å². The van der Waals surface area contributed by atoms with E-state index in [1.807, 2.05) is 19.1 Å². The predicted molar refractivity (Wildman–Crippen MR) is 79.9 cm³/mol. The fraction of sp³-hybridized carbons (Fsp3) is 0.500. The molecule has 1 aromatic rings. The molecule has 0 fully saturated rings. The van der Waals surface area contributed by atoms with Crippen LogP contribution in [0.4, 0.5) is 0 Å². The van der Waals surface area contributed by atoms with Crippen LogP contribution in [0.1, 0.15) is 49.3 Å². The highest BCUT2D eigenvalue weighted by Gasteiger charge is 2.20. The summed E-state index contributed by atoms with van der Waals surface area (Å²) in [6.07, 6.45) is 3.99. The maximum Gasteiger partial charge on any atom is 0.126 e. The van der Waals surface area contributed by atoms with Crippen molar-refractivity contribution in [3.05, 3.63) is 40.4 Å². The first-order chi connectivity index (χ1) is 8.56. The summed E-state index contributed by atoms with van der Waals surface area (Å²) in [7, 11) is 0. The third kappa shape index (κ3) is 3.08. The summed E-state index contributed by atoms with van der Waals surface area (Å²) < 4.78 is 5.84. The molecule has 100 valence electrons. The lowest BCUT2D eigenvalue weighted by molar-refractivity contribution is 0.331. The third-order valence-electron chi connectivity index (χ3n) is 3.35. The number of ether oxygens (including phenoxy) is 1. The number of allylic oxidation sites excluding steroid dienone is 1. The zero-order valence-corrected chi connectivity index (χ0v) is 12.6. The smallest absolute Gasteiger partial charge is 0.126 e. The van der Waals surface area contributed by atoms with Crippen LogP contribution in [0.25, 0.3) is 0 Å². The molecule has 0 aliphatic rings. The summed E-state index contributed by atoms with van der Waals surface area (Å²) in [6.45, 7) is 12.9. The summed E-state index contributed by atoms with van der Waals surface area (Å²) in [5.41, 5.74) is 3.51. The predicted octanol–water partition coefficient (Wildman–Crippen LogP) is 5.43. The SMILES string of the molecule is C=CCC(CC)c1c(C)c(Cl)cc(C)c1OCC. The Hall–Kier alpha value is -0.950. The number of hydrogen-bond acceptors (Lipinski definition) is 1. The van der Waals surface area contributed by atoms with Crippen molar-refractivity contribution in [1.29, 1.82) is 0 Å². The average Bonchev–Trinajstić information content (AvgIpc) is 2.34. The minimum Gasteiger partial charge on any atom is -0.493 e. The summed E-state index contributed by atoms with van der Waals surface area (Å²) in [5.74, 6) is 1.44. The van der Waals surface area contributed by atoms with E-state index in [1.54, 1.807) is 0 Å². The van der Waals surface area contributed by atoms with Crippen LogP contribution in [0.2, 0.25) is 5.02 Å². The highest BCUT2D eigenvalue weighted by Crippen LogP contribution is 2.40. The first kappa shape index (κ1) is 15.1. The topological polar surface area (TPSA) is 9.23 Å². The van der Waals surface area contributed by atoms with Crippen LogP contribution in [0, 0.1) is 13.8 Å². The molecule has 0 N–H and O–H groups in total. The van der Waals surface area contributed by atoms with Crippen LogP contribution in [0.15, 0.2) is 18.7 Å². The molecule has 0 amide bonds. The van der Waals surface area contributed by atoms with Gasteiger partial charge in [0.2, 0.25) is 0 Å². The Bertz CT molecular complexity index is 424. The standard InChI is InChI=1S/C16H23ClO/c1-6-9-13(7-2)15-12(5)14(17)10-11(4)16(15)18-8-3/h6,10,13H,1,7-9H2,2-5H3. The van der Waals surface area contributed by atoms with Crippen molar-refractivity contribution in [2.45, 2.75) is 46.5 Å². The Morgan fingerprint density at radius 1 is 1.39 bits per heavy atom. The van der Waals surface area contributed by atoms with Crippen LogP contribution in [-0.4, -0.2) is 6.61 Å². The van der Waals surface area contributed by atoms with Gasteiger partial charge in [-0.25, -0.2) is 0 Å². The molecule has 0 spiro atoms. The van der Waals surface area contributed by atoms with E-state index in [4.69, 9.17) is 16.3 Å². The van der Waals surface area contributed by atoms with Crippen molar-refractivity contribution < 1.29 is 4.74 Å². The molecule has 0 aliphatic heterocycles. The molecule has 0 bridgehead atoms. The molecule has 0 aliphatic carbocycles. The van der Waals surface area contributed by atoms with E-state index in [9.17, 15) is 0 Å². The van der Waals surface area contributed by atoms with Crippen LogP contribution in [0.3, 0.4) is 0 Å². The number of benzene rings is 1. The van der Waals surface area contributed by atoms with E-state index >= 15 is 0 Å². The van der Waals surface area contributed by atoms with Crippen molar-refractivity contribution in [2.24, 2.45) is 0 Å². The van der Waals surface area contributed by atoms with Crippen LogP contribution >= 0.6 is 11.6 Å². The lowest BCUT2D eigenvalue weighted by Gasteiger charge is -2.23. The van der Waals surface area contributed by atoms with Gasteiger partial charge in [-0.1, -0.05) is 24.6 Å². The summed E-state index contributed by atoms with van der Waals surface area (Å²) in [6, 6.07) is 1.99. The third-order valence-corrected chi connectivity index (χ3v) is 3.74. The minimum atomic E-state index is 0.432. The Kier molecular flexibility index (Phi) is 5.74.